The number of nitrogens with zero attached hydrogens (tertiary/aromatic N) is 1. The van der Waals surface area contributed by atoms with Crippen molar-refractivity contribution < 1.29 is 4.74 Å². The van der Waals surface area contributed by atoms with E-state index in [2.05, 4.69) is 18.7 Å². The van der Waals surface area contributed by atoms with Crippen molar-refractivity contribution in [1.82, 2.24) is 4.90 Å². The van der Waals surface area contributed by atoms with Crippen LogP contribution in [0.5, 0.6) is 0 Å². The molecule has 3 rings (SSSR count). The Kier molecular flexibility index (Phi) is 4.13. The lowest BCUT2D eigenvalue weighted by Crippen LogP contribution is -2.66. The highest BCUT2D eigenvalue weighted by Crippen LogP contribution is 2.44. The monoisotopic (exact) mass is 280 g/mol. The summed E-state index contributed by atoms with van der Waals surface area (Å²) in [5, 5.41) is 0. The maximum Gasteiger partial charge on any atom is 0.0644 e. The number of rotatable bonds is 2. The molecule has 3 atom stereocenters. The second-order valence-electron chi connectivity index (χ2n) is 7.91. The highest BCUT2D eigenvalue weighted by molar-refractivity contribution is 5.04. The average Bonchev–Trinajstić information content (AvgIpc) is 2.45. The molecule has 20 heavy (non-hydrogen) atoms. The molecule has 0 spiro atoms. The minimum atomic E-state index is -0.0147. The maximum absolute atomic E-state index is 6.31. The fourth-order valence-electron chi connectivity index (χ4n) is 5.20. The zero-order valence-corrected chi connectivity index (χ0v) is 13.4. The molecule has 0 radical (unpaired) electrons. The third-order valence-corrected chi connectivity index (χ3v) is 6.05. The van der Waals surface area contributed by atoms with Gasteiger partial charge in [0.05, 0.1) is 5.60 Å². The van der Waals surface area contributed by atoms with Crippen LogP contribution in [-0.2, 0) is 4.74 Å². The highest BCUT2D eigenvalue weighted by Gasteiger charge is 2.48. The summed E-state index contributed by atoms with van der Waals surface area (Å²) in [6, 6.07) is 0.801. The molecule has 0 aromatic heterocycles. The Morgan fingerprint density at radius 1 is 1.15 bits per heavy atom. The van der Waals surface area contributed by atoms with Crippen LogP contribution in [-0.4, -0.2) is 41.8 Å². The number of ether oxygens (including phenoxy) is 1. The van der Waals surface area contributed by atoms with Gasteiger partial charge >= 0.3 is 0 Å². The minimum Gasteiger partial charge on any atom is -0.375 e. The lowest BCUT2D eigenvalue weighted by atomic mass is 9.72. The van der Waals surface area contributed by atoms with Gasteiger partial charge in [0.15, 0.2) is 0 Å². The van der Waals surface area contributed by atoms with Crippen molar-refractivity contribution >= 4 is 0 Å². The number of hydrogen-bond acceptors (Lipinski definition) is 3. The Labute approximate surface area is 124 Å². The molecule has 1 aliphatic carbocycles. The van der Waals surface area contributed by atoms with Gasteiger partial charge in [0, 0.05) is 24.7 Å². The molecule has 2 aliphatic heterocycles. The van der Waals surface area contributed by atoms with Gasteiger partial charge in [-0.05, 0) is 64.8 Å². The van der Waals surface area contributed by atoms with E-state index < -0.39 is 0 Å². The Morgan fingerprint density at radius 2 is 1.90 bits per heavy atom. The largest absolute Gasteiger partial charge is 0.375 e. The molecular weight excluding hydrogens is 248 g/mol. The molecule has 0 aromatic carbocycles. The zero-order chi connectivity index (χ0) is 14.2. The van der Waals surface area contributed by atoms with Crippen LogP contribution in [0, 0.1) is 5.92 Å². The van der Waals surface area contributed by atoms with Crippen LogP contribution < -0.4 is 5.73 Å². The van der Waals surface area contributed by atoms with Crippen LogP contribution in [0.4, 0.5) is 0 Å². The lowest BCUT2D eigenvalue weighted by Gasteiger charge is -2.57. The van der Waals surface area contributed by atoms with Gasteiger partial charge in [-0.3, -0.25) is 4.90 Å². The molecule has 2 N–H and O–H groups in total. The third kappa shape index (κ3) is 2.65. The molecular formula is C17H32N2O. The summed E-state index contributed by atoms with van der Waals surface area (Å²) in [5.74, 6) is 0.937. The van der Waals surface area contributed by atoms with E-state index in [9.17, 15) is 0 Å². The summed E-state index contributed by atoms with van der Waals surface area (Å²) in [4.78, 5) is 2.84. The molecule has 3 unspecified atom stereocenters. The maximum atomic E-state index is 6.31. The SMILES string of the molecule is CC1(C)CC(CN)(N2CCCC3CCCCC32)CCO1. The van der Waals surface area contributed by atoms with Gasteiger partial charge in [-0.15, -0.1) is 0 Å². The molecule has 0 aromatic rings. The molecule has 116 valence electrons. The van der Waals surface area contributed by atoms with Gasteiger partial charge in [-0.2, -0.15) is 0 Å². The predicted octanol–water partition coefficient (Wildman–Crippen LogP) is 2.93. The second-order valence-corrected chi connectivity index (χ2v) is 7.91. The summed E-state index contributed by atoms with van der Waals surface area (Å²) in [5.41, 5.74) is 6.50. The first-order valence-electron chi connectivity index (χ1n) is 8.67. The van der Waals surface area contributed by atoms with Crippen LogP contribution in [0.25, 0.3) is 0 Å². The first-order valence-corrected chi connectivity index (χ1v) is 8.67. The van der Waals surface area contributed by atoms with E-state index in [1.165, 1.54) is 45.1 Å². The van der Waals surface area contributed by atoms with Crippen molar-refractivity contribution in [3.05, 3.63) is 0 Å². The second kappa shape index (κ2) is 5.58. The van der Waals surface area contributed by atoms with Gasteiger partial charge in [-0.1, -0.05) is 12.8 Å². The van der Waals surface area contributed by atoms with Gasteiger partial charge < -0.3 is 10.5 Å². The first kappa shape index (κ1) is 14.8. The Balaban J connectivity index is 1.83. The number of hydrogen-bond donors (Lipinski definition) is 1. The number of nitrogens with two attached hydrogens (primary N) is 1. The molecule has 3 aliphatic rings. The van der Waals surface area contributed by atoms with Gasteiger partial charge in [0.1, 0.15) is 0 Å². The quantitative estimate of drug-likeness (QED) is 0.845. The van der Waals surface area contributed by atoms with E-state index in [0.717, 1.165) is 38.0 Å². The van der Waals surface area contributed by atoms with Crippen molar-refractivity contribution in [3.8, 4) is 0 Å². The van der Waals surface area contributed by atoms with Crippen LogP contribution in [0.1, 0.15) is 65.2 Å². The topological polar surface area (TPSA) is 38.5 Å². The van der Waals surface area contributed by atoms with Crippen LogP contribution >= 0.6 is 0 Å². The van der Waals surface area contributed by atoms with Crippen molar-refractivity contribution in [1.29, 1.82) is 0 Å². The number of likely N-dealkylation sites (tertiary alicyclic amines) is 1. The molecule has 2 heterocycles. The third-order valence-electron chi connectivity index (χ3n) is 6.05. The molecule has 0 bridgehead atoms. The average molecular weight is 280 g/mol. The van der Waals surface area contributed by atoms with Crippen LogP contribution in [0.2, 0.25) is 0 Å². The van der Waals surface area contributed by atoms with E-state index in [0.29, 0.717) is 0 Å². The van der Waals surface area contributed by atoms with Gasteiger partial charge in [0.2, 0.25) is 0 Å². The van der Waals surface area contributed by atoms with Crippen molar-refractivity contribution in [2.45, 2.75) is 82.4 Å². The number of piperidine rings is 1. The molecule has 2 saturated heterocycles. The fourth-order valence-corrected chi connectivity index (χ4v) is 5.20. The molecule has 3 fully saturated rings. The van der Waals surface area contributed by atoms with E-state index in [4.69, 9.17) is 10.5 Å². The Hall–Kier alpha value is -0.120. The molecule has 0 amide bonds. The Morgan fingerprint density at radius 3 is 2.65 bits per heavy atom. The normalized spacial score (nSPS) is 42.1. The zero-order valence-electron chi connectivity index (χ0n) is 13.4. The summed E-state index contributed by atoms with van der Waals surface area (Å²) in [7, 11) is 0. The summed E-state index contributed by atoms with van der Waals surface area (Å²) in [6.45, 7) is 7.40. The Bertz CT molecular complexity index is 342. The first-order chi connectivity index (χ1) is 9.56. The summed E-state index contributed by atoms with van der Waals surface area (Å²) < 4.78 is 5.97. The molecule has 3 nitrogen and oxygen atoms in total. The van der Waals surface area contributed by atoms with Crippen molar-refractivity contribution in [2.24, 2.45) is 11.7 Å². The minimum absolute atomic E-state index is 0.0147. The van der Waals surface area contributed by atoms with E-state index in [-0.39, 0.29) is 11.1 Å². The van der Waals surface area contributed by atoms with Gasteiger partial charge in [0.25, 0.3) is 0 Å². The van der Waals surface area contributed by atoms with Gasteiger partial charge in [-0.25, -0.2) is 0 Å². The van der Waals surface area contributed by atoms with E-state index in [1.54, 1.807) is 0 Å². The van der Waals surface area contributed by atoms with Crippen LogP contribution in [0.15, 0.2) is 0 Å². The summed E-state index contributed by atoms with van der Waals surface area (Å²) in [6.07, 6.45) is 10.7. The van der Waals surface area contributed by atoms with Crippen molar-refractivity contribution in [3.63, 3.8) is 0 Å². The summed E-state index contributed by atoms with van der Waals surface area (Å²) >= 11 is 0. The lowest BCUT2D eigenvalue weighted by molar-refractivity contribution is -0.140. The molecule has 3 heteroatoms. The van der Waals surface area contributed by atoms with Crippen molar-refractivity contribution in [2.75, 3.05) is 19.7 Å². The number of fused-ring (bicyclic) bond motifs is 1. The van der Waals surface area contributed by atoms with E-state index >= 15 is 0 Å². The van der Waals surface area contributed by atoms with E-state index in [1.807, 2.05) is 0 Å². The molecule has 1 saturated carbocycles. The fraction of sp³-hybridized carbons (Fsp3) is 1.00. The standard InChI is InChI=1S/C17H32N2O/c1-16(2)12-17(13-18,9-11-20-16)19-10-5-7-14-6-3-4-8-15(14)19/h14-15H,3-13,18H2,1-2H3. The van der Waals surface area contributed by atoms with Crippen LogP contribution in [0.3, 0.4) is 0 Å². The highest BCUT2D eigenvalue weighted by atomic mass is 16.5. The predicted molar refractivity (Wildman–Crippen MR) is 82.7 cm³/mol. The smallest absolute Gasteiger partial charge is 0.0644 e.